The zero-order chi connectivity index (χ0) is 18.8. The van der Waals surface area contributed by atoms with E-state index in [0.29, 0.717) is 28.5 Å². The summed E-state index contributed by atoms with van der Waals surface area (Å²) < 4.78 is 1.67. The van der Waals surface area contributed by atoms with Crippen molar-refractivity contribution in [3.63, 3.8) is 0 Å². The van der Waals surface area contributed by atoms with Gasteiger partial charge in [0, 0.05) is 10.7 Å². The number of aliphatic carboxylic acids is 1. The van der Waals surface area contributed by atoms with Gasteiger partial charge in [-0.2, -0.15) is 5.10 Å². The van der Waals surface area contributed by atoms with Crippen LogP contribution >= 0.6 is 11.6 Å². The highest BCUT2D eigenvalue weighted by atomic mass is 35.5. The molecule has 0 fully saturated rings. The molecule has 2 aromatic rings. The van der Waals surface area contributed by atoms with Crippen molar-refractivity contribution in [2.45, 2.75) is 32.9 Å². The van der Waals surface area contributed by atoms with E-state index in [0.717, 1.165) is 12.5 Å². The number of carboxylic acids is 1. The number of carboxylic acid groups (broad SMARTS) is 1. The van der Waals surface area contributed by atoms with Crippen LogP contribution in [0.5, 0.6) is 0 Å². The van der Waals surface area contributed by atoms with E-state index in [4.69, 9.17) is 16.7 Å². The maximum Gasteiger partial charge on any atom is 0.337 e. The average molecular weight is 366 g/mol. The molecule has 0 aliphatic carbocycles. The Hall–Kier alpha value is -2.38. The first kappa shape index (κ1) is 19.0. The molecule has 0 spiro atoms. The molecule has 0 saturated carbocycles. The molecule has 0 aliphatic rings. The topological polar surface area (TPSA) is 104 Å². The number of nitrogens with zero attached hydrogens (tertiary/aromatic N) is 2. The molecular weight excluding hydrogens is 346 g/mol. The number of hydrogen-bond acceptors (Lipinski definition) is 4. The van der Waals surface area contributed by atoms with E-state index in [-0.39, 0.29) is 0 Å². The van der Waals surface area contributed by atoms with Gasteiger partial charge in [0.2, 0.25) is 0 Å². The Morgan fingerprint density at radius 1 is 1.32 bits per heavy atom. The smallest absolute Gasteiger partial charge is 0.337 e. The largest absolute Gasteiger partial charge is 0.479 e. The van der Waals surface area contributed by atoms with Crippen molar-refractivity contribution < 1.29 is 19.8 Å². The predicted molar refractivity (Wildman–Crippen MR) is 92.8 cm³/mol. The Labute approximate surface area is 150 Å². The van der Waals surface area contributed by atoms with Gasteiger partial charge in [-0.05, 0) is 32.4 Å². The van der Waals surface area contributed by atoms with Crippen LogP contribution < -0.4 is 5.32 Å². The van der Waals surface area contributed by atoms with Gasteiger partial charge in [-0.1, -0.05) is 29.8 Å². The number of aliphatic hydroxyl groups is 1. The minimum atomic E-state index is -2.04. The number of carbonyl (C=O) groups excluding carboxylic acids is 1. The normalized spacial score (nSPS) is 13.3. The van der Waals surface area contributed by atoms with Crippen LogP contribution in [0.2, 0.25) is 5.02 Å². The van der Waals surface area contributed by atoms with E-state index in [1.807, 2.05) is 18.2 Å². The third-order valence-electron chi connectivity index (χ3n) is 3.94. The van der Waals surface area contributed by atoms with Gasteiger partial charge in [-0.25, -0.2) is 4.79 Å². The fourth-order valence-corrected chi connectivity index (χ4v) is 2.58. The molecule has 0 saturated heterocycles. The lowest BCUT2D eigenvalue weighted by molar-refractivity contribution is -0.155. The number of rotatable bonds is 6. The van der Waals surface area contributed by atoms with Gasteiger partial charge < -0.3 is 15.5 Å². The Bertz CT molecular complexity index is 814. The lowest BCUT2D eigenvalue weighted by atomic mass is 10.1. The summed E-state index contributed by atoms with van der Waals surface area (Å²) in [5.41, 5.74) is 0.330. The van der Waals surface area contributed by atoms with Gasteiger partial charge >= 0.3 is 5.97 Å². The second kappa shape index (κ2) is 7.25. The van der Waals surface area contributed by atoms with Crippen LogP contribution in [0.4, 0.5) is 0 Å². The zero-order valence-corrected chi connectivity index (χ0v) is 15.0. The molecule has 1 unspecified atom stereocenters. The predicted octanol–water partition coefficient (Wildman–Crippen LogP) is 1.77. The highest BCUT2D eigenvalue weighted by Gasteiger charge is 2.31. The number of aryl methyl sites for hydroxylation is 1. The Kier molecular flexibility index (Phi) is 5.49. The molecule has 0 bridgehead atoms. The second-order valence-electron chi connectivity index (χ2n) is 6.06. The summed E-state index contributed by atoms with van der Waals surface area (Å²) in [5, 5.41) is 26.0. The van der Waals surface area contributed by atoms with Gasteiger partial charge in [0.15, 0.2) is 5.60 Å². The van der Waals surface area contributed by atoms with Crippen LogP contribution in [0.25, 0.3) is 0 Å². The van der Waals surface area contributed by atoms with E-state index >= 15 is 0 Å². The van der Waals surface area contributed by atoms with Crippen LogP contribution in [0.3, 0.4) is 0 Å². The number of aromatic nitrogens is 2. The van der Waals surface area contributed by atoms with E-state index in [1.54, 1.807) is 24.6 Å². The summed E-state index contributed by atoms with van der Waals surface area (Å²) in [6.45, 7) is 4.57. The van der Waals surface area contributed by atoms with Crippen molar-refractivity contribution >= 4 is 23.5 Å². The van der Waals surface area contributed by atoms with Crippen molar-refractivity contribution in [1.29, 1.82) is 0 Å². The van der Waals surface area contributed by atoms with Crippen molar-refractivity contribution in [1.82, 2.24) is 15.1 Å². The first-order valence-corrected chi connectivity index (χ1v) is 8.02. The standard InChI is InChI=1S/C17H20ClN3O4/c1-10-14(15(22)19-9-17(3,25)16(23)24)11(2)21(20-10)8-12-6-4-5-7-13(12)18/h4-7,25H,8-9H2,1-3H3,(H,19,22)(H,23,24). The number of benzene rings is 1. The van der Waals surface area contributed by atoms with Crippen molar-refractivity contribution in [2.24, 2.45) is 0 Å². The molecule has 1 heterocycles. The third kappa shape index (κ3) is 4.18. The molecule has 1 aromatic heterocycles. The summed E-state index contributed by atoms with van der Waals surface area (Å²) >= 11 is 6.16. The highest BCUT2D eigenvalue weighted by molar-refractivity contribution is 6.31. The van der Waals surface area contributed by atoms with E-state index in [9.17, 15) is 14.7 Å². The molecule has 1 atom stereocenters. The Balaban J connectivity index is 2.20. The van der Waals surface area contributed by atoms with Gasteiger partial charge in [-0.15, -0.1) is 0 Å². The number of nitrogens with one attached hydrogen (secondary N) is 1. The Morgan fingerprint density at radius 2 is 1.96 bits per heavy atom. The highest BCUT2D eigenvalue weighted by Crippen LogP contribution is 2.19. The number of amides is 1. The summed E-state index contributed by atoms with van der Waals surface area (Å²) in [5.74, 6) is -1.89. The van der Waals surface area contributed by atoms with E-state index < -0.39 is 24.0 Å². The molecule has 1 aromatic carbocycles. The van der Waals surface area contributed by atoms with Crippen LogP contribution in [-0.2, 0) is 11.3 Å². The average Bonchev–Trinajstić information content (AvgIpc) is 2.81. The van der Waals surface area contributed by atoms with Gasteiger partial charge in [-0.3, -0.25) is 9.48 Å². The summed E-state index contributed by atoms with van der Waals surface area (Å²) in [4.78, 5) is 23.3. The molecule has 1 amide bonds. The first-order valence-electron chi connectivity index (χ1n) is 7.65. The monoisotopic (exact) mass is 365 g/mol. The minimum absolute atomic E-state index is 0.355. The van der Waals surface area contributed by atoms with E-state index in [2.05, 4.69) is 10.4 Å². The maximum atomic E-state index is 12.4. The number of halogens is 1. The fourth-order valence-electron chi connectivity index (χ4n) is 2.38. The van der Waals surface area contributed by atoms with Crippen molar-refractivity contribution in [3.05, 3.63) is 51.8 Å². The van der Waals surface area contributed by atoms with Crippen LogP contribution in [0, 0.1) is 13.8 Å². The molecular formula is C17H20ClN3O4. The van der Waals surface area contributed by atoms with Gasteiger partial charge in [0.1, 0.15) is 0 Å². The summed E-state index contributed by atoms with van der Waals surface area (Å²) in [6.07, 6.45) is 0. The lowest BCUT2D eigenvalue weighted by Crippen LogP contribution is -2.46. The minimum Gasteiger partial charge on any atom is -0.479 e. The Morgan fingerprint density at radius 3 is 2.56 bits per heavy atom. The SMILES string of the molecule is Cc1nn(Cc2ccccc2Cl)c(C)c1C(=O)NCC(C)(O)C(=O)O. The fraction of sp³-hybridized carbons (Fsp3) is 0.353. The molecule has 8 heteroatoms. The molecule has 2 rings (SSSR count). The van der Waals surface area contributed by atoms with Crippen molar-refractivity contribution in [2.75, 3.05) is 6.54 Å². The number of carbonyl (C=O) groups is 2. The molecule has 3 N–H and O–H groups in total. The molecule has 0 aliphatic heterocycles. The molecule has 0 radical (unpaired) electrons. The molecule has 134 valence electrons. The van der Waals surface area contributed by atoms with Crippen LogP contribution in [-0.4, -0.2) is 44.0 Å². The van der Waals surface area contributed by atoms with E-state index in [1.165, 1.54) is 0 Å². The lowest BCUT2D eigenvalue weighted by Gasteiger charge is -2.18. The molecule has 25 heavy (non-hydrogen) atoms. The third-order valence-corrected chi connectivity index (χ3v) is 4.31. The second-order valence-corrected chi connectivity index (χ2v) is 6.46. The van der Waals surface area contributed by atoms with Gasteiger partial charge in [0.25, 0.3) is 5.91 Å². The van der Waals surface area contributed by atoms with Crippen LogP contribution in [0.15, 0.2) is 24.3 Å². The molecule has 7 nitrogen and oxygen atoms in total. The first-order chi connectivity index (χ1) is 11.6. The van der Waals surface area contributed by atoms with Gasteiger partial charge in [0.05, 0.1) is 24.3 Å². The quantitative estimate of drug-likeness (QED) is 0.723. The number of hydrogen-bond donors (Lipinski definition) is 3. The maximum absolute atomic E-state index is 12.4. The van der Waals surface area contributed by atoms with Crippen LogP contribution in [0.1, 0.15) is 34.2 Å². The summed E-state index contributed by atoms with van der Waals surface area (Å²) in [6, 6.07) is 7.36. The van der Waals surface area contributed by atoms with Crippen molar-refractivity contribution in [3.8, 4) is 0 Å². The summed E-state index contributed by atoms with van der Waals surface area (Å²) in [7, 11) is 0. The zero-order valence-electron chi connectivity index (χ0n) is 14.2.